The summed E-state index contributed by atoms with van der Waals surface area (Å²) in [6.07, 6.45) is 0.544. The van der Waals surface area contributed by atoms with Gasteiger partial charge in [0, 0.05) is 18.2 Å². The number of fused-ring (bicyclic) bond motifs is 1. The first-order chi connectivity index (χ1) is 12.9. The number of aromatic nitrogens is 4. The summed E-state index contributed by atoms with van der Waals surface area (Å²) in [6.45, 7) is 2.41. The summed E-state index contributed by atoms with van der Waals surface area (Å²) in [4.78, 5) is 4.30. The highest BCUT2D eigenvalue weighted by Gasteiger charge is 2.37. The molecular formula is C17H17Cl2F2N5S. The monoisotopic (exact) mass is 431 g/mol. The van der Waals surface area contributed by atoms with Gasteiger partial charge < -0.3 is 5.32 Å². The number of anilines is 1. The molecule has 0 unspecified atom stereocenters. The van der Waals surface area contributed by atoms with Crippen molar-refractivity contribution in [2.75, 3.05) is 5.32 Å². The number of aryl methyl sites for hydroxylation is 1. The van der Waals surface area contributed by atoms with Crippen LogP contribution in [0.2, 0.25) is 10.4 Å². The van der Waals surface area contributed by atoms with Gasteiger partial charge in [-0.2, -0.15) is 9.36 Å². The molecule has 4 rings (SSSR count). The van der Waals surface area contributed by atoms with E-state index in [2.05, 4.69) is 19.8 Å². The van der Waals surface area contributed by atoms with Crippen molar-refractivity contribution in [3.8, 4) is 0 Å². The topological polar surface area (TPSA) is 55.1 Å². The van der Waals surface area contributed by atoms with E-state index in [0.717, 1.165) is 16.8 Å². The van der Waals surface area contributed by atoms with Gasteiger partial charge in [0.2, 0.25) is 11.2 Å². The Hall–Kier alpha value is -1.51. The molecule has 3 heterocycles. The van der Waals surface area contributed by atoms with E-state index in [4.69, 9.17) is 23.2 Å². The molecule has 1 N–H and O–H groups in total. The van der Waals surface area contributed by atoms with Crippen molar-refractivity contribution >= 4 is 46.1 Å². The van der Waals surface area contributed by atoms with Crippen molar-refractivity contribution in [2.24, 2.45) is 0 Å². The smallest absolute Gasteiger partial charge is 0.248 e. The van der Waals surface area contributed by atoms with Gasteiger partial charge in [-0.1, -0.05) is 11.6 Å². The van der Waals surface area contributed by atoms with Crippen molar-refractivity contribution in [1.29, 1.82) is 0 Å². The third kappa shape index (κ3) is 3.62. The molecule has 144 valence electrons. The highest BCUT2D eigenvalue weighted by Crippen LogP contribution is 2.45. The van der Waals surface area contributed by atoms with Crippen LogP contribution in [0.3, 0.4) is 0 Å². The van der Waals surface area contributed by atoms with Crippen molar-refractivity contribution in [2.45, 2.75) is 51.0 Å². The Morgan fingerprint density at radius 3 is 2.74 bits per heavy atom. The van der Waals surface area contributed by atoms with Gasteiger partial charge in [-0.25, -0.2) is 13.3 Å². The Bertz CT molecular complexity index is 964. The molecule has 0 amide bonds. The summed E-state index contributed by atoms with van der Waals surface area (Å²) in [5.74, 6) is -2.06. The zero-order valence-corrected chi connectivity index (χ0v) is 16.8. The highest BCUT2D eigenvalue weighted by molar-refractivity contribution is 7.03. The number of halogens is 4. The first kappa shape index (κ1) is 18.8. The number of rotatable bonds is 4. The molecule has 5 nitrogen and oxygen atoms in total. The maximum atomic E-state index is 13.6. The second-order valence-corrected chi connectivity index (χ2v) is 8.16. The van der Waals surface area contributed by atoms with Gasteiger partial charge in [-0.3, -0.25) is 0 Å². The van der Waals surface area contributed by atoms with Crippen LogP contribution in [0.4, 0.5) is 14.6 Å². The van der Waals surface area contributed by atoms with Gasteiger partial charge in [0.25, 0.3) is 0 Å². The van der Waals surface area contributed by atoms with Crippen LogP contribution in [-0.2, 0) is 6.54 Å². The average molecular weight is 432 g/mol. The Morgan fingerprint density at radius 1 is 1.33 bits per heavy atom. The molecule has 0 saturated heterocycles. The zero-order chi connectivity index (χ0) is 19.2. The minimum Gasteiger partial charge on any atom is -0.362 e. The van der Waals surface area contributed by atoms with Crippen LogP contribution in [0.5, 0.6) is 0 Å². The van der Waals surface area contributed by atoms with Gasteiger partial charge in [0.15, 0.2) is 5.82 Å². The molecule has 0 aliphatic heterocycles. The van der Waals surface area contributed by atoms with E-state index in [1.165, 1.54) is 11.5 Å². The van der Waals surface area contributed by atoms with Gasteiger partial charge in [-0.15, -0.1) is 5.10 Å². The van der Waals surface area contributed by atoms with Crippen molar-refractivity contribution in [3.05, 3.63) is 38.7 Å². The lowest BCUT2D eigenvalue weighted by Crippen LogP contribution is -2.23. The summed E-state index contributed by atoms with van der Waals surface area (Å²) in [7, 11) is 0. The predicted molar refractivity (Wildman–Crippen MR) is 103 cm³/mol. The van der Waals surface area contributed by atoms with E-state index in [0.29, 0.717) is 35.9 Å². The first-order valence-electron chi connectivity index (χ1n) is 8.61. The molecule has 0 radical (unpaired) electrons. The van der Waals surface area contributed by atoms with Crippen molar-refractivity contribution in [1.82, 2.24) is 19.0 Å². The first-order valence-corrected chi connectivity index (χ1v) is 10.2. The molecule has 0 bridgehead atoms. The molecule has 3 aromatic heterocycles. The largest absolute Gasteiger partial charge is 0.362 e. The minimum absolute atomic E-state index is 0.0241. The van der Waals surface area contributed by atoms with Gasteiger partial charge >= 0.3 is 0 Å². The molecule has 1 saturated carbocycles. The third-order valence-corrected chi connectivity index (χ3v) is 6.17. The van der Waals surface area contributed by atoms with E-state index in [1.807, 2.05) is 18.4 Å². The Labute approximate surface area is 168 Å². The lowest BCUT2D eigenvalue weighted by Gasteiger charge is -2.28. The van der Waals surface area contributed by atoms with E-state index in [9.17, 15) is 8.78 Å². The molecule has 27 heavy (non-hydrogen) atoms. The van der Waals surface area contributed by atoms with Crippen LogP contribution in [0, 0.1) is 6.92 Å². The van der Waals surface area contributed by atoms with Gasteiger partial charge in [0.1, 0.15) is 10.7 Å². The molecule has 3 aromatic rings. The Kier molecular flexibility index (Phi) is 4.98. The summed E-state index contributed by atoms with van der Waals surface area (Å²) in [5, 5.41) is 9.83. The quantitative estimate of drug-likeness (QED) is 0.574. The van der Waals surface area contributed by atoms with Crippen LogP contribution in [0.1, 0.15) is 48.4 Å². The zero-order valence-electron chi connectivity index (χ0n) is 14.5. The maximum Gasteiger partial charge on any atom is 0.248 e. The molecule has 1 aliphatic carbocycles. The Balaban J connectivity index is 1.73. The third-order valence-electron chi connectivity index (χ3n) is 5.04. The summed E-state index contributed by atoms with van der Waals surface area (Å²) in [5.41, 5.74) is 3.36. The van der Waals surface area contributed by atoms with E-state index in [-0.39, 0.29) is 24.0 Å². The average Bonchev–Trinajstić information content (AvgIpc) is 3.21. The van der Waals surface area contributed by atoms with Crippen LogP contribution in [0.15, 0.2) is 11.4 Å². The number of hydrogen-bond acceptors (Lipinski definition) is 5. The standard InChI is InChI=1S/C17H17Cl2F2N5S/c1-9-12(10-2-5-17(20,21)6-3-10)14(18)26-13(9)15(23-16(19)24-26)22-8-11-4-7-27-25-11/h4,7,10H,2-3,5-6,8H2,1H3,(H,22,23,24). The number of nitrogens with one attached hydrogen (secondary N) is 1. The number of hydrogen-bond donors (Lipinski definition) is 1. The SMILES string of the molecule is Cc1c(C2CCC(F)(F)CC2)c(Cl)n2nc(Cl)nc(NCc3ccsn3)c12. The molecule has 0 aromatic carbocycles. The van der Waals surface area contributed by atoms with Crippen LogP contribution >= 0.6 is 34.7 Å². The van der Waals surface area contributed by atoms with Crippen molar-refractivity contribution < 1.29 is 8.78 Å². The predicted octanol–water partition coefficient (Wildman–Crippen LogP) is 5.71. The summed E-state index contributed by atoms with van der Waals surface area (Å²) < 4.78 is 32.9. The minimum atomic E-state index is -2.58. The lowest BCUT2D eigenvalue weighted by molar-refractivity contribution is -0.0382. The summed E-state index contributed by atoms with van der Waals surface area (Å²) in [6, 6.07) is 1.92. The molecule has 0 atom stereocenters. The van der Waals surface area contributed by atoms with Gasteiger partial charge in [0.05, 0.1) is 12.2 Å². The second kappa shape index (κ2) is 7.14. The molecule has 1 fully saturated rings. The maximum absolute atomic E-state index is 13.6. The van der Waals surface area contributed by atoms with Crippen LogP contribution in [-0.4, -0.2) is 24.9 Å². The van der Waals surface area contributed by atoms with Crippen LogP contribution < -0.4 is 5.32 Å². The number of alkyl halides is 2. The van der Waals surface area contributed by atoms with E-state index >= 15 is 0 Å². The molecule has 10 heteroatoms. The fraction of sp³-hybridized carbons (Fsp3) is 0.471. The summed E-state index contributed by atoms with van der Waals surface area (Å²) >= 11 is 14.1. The van der Waals surface area contributed by atoms with Crippen LogP contribution in [0.25, 0.3) is 5.52 Å². The molecule has 1 aliphatic rings. The van der Waals surface area contributed by atoms with E-state index in [1.54, 1.807) is 4.52 Å². The van der Waals surface area contributed by atoms with Gasteiger partial charge in [-0.05, 0) is 66.0 Å². The molecule has 0 spiro atoms. The van der Waals surface area contributed by atoms with E-state index < -0.39 is 5.92 Å². The highest BCUT2D eigenvalue weighted by atomic mass is 35.5. The second-order valence-electron chi connectivity index (χ2n) is 6.79. The fourth-order valence-electron chi connectivity index (χ4n) is 3.70. The van der Waals surface area contributed by atoms with Crippen molar-refractivity contribution in [3.63, 3.8) is 0 Å². The lowest BCUT2D eigenvalue weighted by atomic mass is 9.82. The Morgan fingerprint density at radius 2 is 2.07 bits per heavy atom. The molecular weight excluding hydrogens is 415 g/mol. The normalized spacial score (nSPS) is 17.5. The number of nitrogens with zero attached hydrogens (tertiary/aromatic N) is 4. The fourth-order valence-corrected chi connectivity index (χ4v) is 4.82.